The number of aryl methyl sites for hydroxylation is 2. The van der Waals surface area contributed by atoms with E-state index in [9.17, 15) is 9.59 Å². The zero-order chi connectivity index (χ0) is 19.3. The lowest BCUT2D eigenvalue weighted by Crippen LogP contribution is -2.16. The number of nitrogens with zero attached hydrogens (tertiary/aromatic N) is 4. The molecule has 140 valence electrons. The van der Waals surface area contributed by atoms with Crippen molar-refractivity contribution in [3.63, 3.8) is 0 Å². The number of thioether (sulfide) groups is 1. The third-order valence-corrected chi connectivity index (χ3v) is 5.04. The number of halogens is 2. The van der Waals surface area contributed by atoms with E-state index >= 15 is 0 Å². The first-order valence-electron chi connectivity index (χ1n) is 7.77. The molecule has 0 atom stereocenters. The van der Waals surface area contributed by atoms with Gasteiger partial charge in [0.05, 0.1) is 21.5 Å². The highest BCUT2D eigenvalue weighted by molar-refractivity contribution is 7.99. The molecule has 2 aromatic heterocycles. The van der Waals surface area contributed by atoms with Crippen molar-refractivity contribution >= 4 is 52.6 Å². The van der Waals surface area contributed by atoms with E-state index in [4.69, 9.17) is 28.9 Å². The highest BCUT2D eigenvalue weighted by atomic mass is 35.5. The van der Waals surface area contributed by atoms with Crippen LogP contribution in [-0.2, 0) is 22.6 Å². The third-order valence-electron chi connectivity index (χ3n) is 3.40. The Bertz CT molecular complexity index is 827. The summed E-state index contributed by atoms with van der Waals surface area (Å²) >= 11 is 13.2. The molecule has 0 fully saturated rings. The van der Waals surface area contributed by atoms with Crippen LogP contribution in [0.3, 0.4) is 0 Å². The SMILES string of the molecule is CCn1c(CCC(N)=O)nnc1SCC(=O)Nc1nc(C)c(Cl)cc1Cl. The predicted octanol–water partition coefficient (Wildman–Crippen LogP) is 2.46. The van der Waals surface area contributed by atoms with Gasteiger partial charge in [0, 0.05) is 19.4 Å². The lowest BCUT2D eigenvalue weighted by atomic mass is 10.3. The van der Waals surface area contributed by atoms with Gasteiger partial charge < -0.3 is 15.6 Å². The number of hydrogen-bond donors (Lipinski definition) is 2. The van der Waals surface area contributed by atoms with Crippen molar-refractivity contribution < 1.29 is 9.59 Å². The number of carbonyl (C=O) groups is 2. The van der Waals surface area contributed by atoms with E-state index in [0.29, 0.717) is 34.7 Å². The van der Waals surface area contributed by atoms with Gasteiger partial charge in [-0.25, -0.2) is 4.98 Å². The van der Waals surface area contributed by atoms with Gasteiger partial charge in [0.15, 0.2) is 11.0 Å². The average molecular weight is 417 g/mol. The molecule has 0 saturated heterocycles. The molecule has 11 heteroatoms. The van der Waals surface area contributed by atoms with Gasteiger partial charge in [-0.1, -0.05) is 35.0 Å². The summed E-state index contributed by atoms with van der Waals surface area (Å²) in [5.41, 5.74) is 5.74. The first kappa shape index (κ1) is 20.5. The highest BCUT2D eigenvalue weighted by Gasteiger charge is 2.15. The van der Waals surface area contributed by atoms with Crippen molar-refractivity contribution in [1.82, 2.24) is 19.7 Å². The monoisotopic (exact) mass is 416 g/mol. The van der Waals surface area contributed by atoms with Gasteiger partial charge >= 0.3 is 0 Å². The number of anilines is 1. The number of hydrogen-bond acceptors (Lipinski definition) is 6. The zero-order valence-electron chi connectivity index (χ0n) is 14.3. The van der Waals surface area contributed by atoms with Gasteiger partial charge in [0.2, 0.25) is 11.8 Å². The molecule has 0 bridgehead atoms. The molecule has 0 spiro atoms. The second-order valence-corrected chi connectivity index (χ2v) is 7.09. The number of rotatable bonds is 8. The number of primary amides is 1. The highest BCUT2D eigenvalue weighted by Crippen LogP contribution is 2.26. The van der Waals surface area contributed by atoms with Crippen molar-refractivity contribution in [2.75, 3.05) is 11.1 Å². The molecule has 0 aromatic carbocycles. The quantitative estimate of drug-likeness (QED) is 0.638. The molecule has 0 unspecified atom stereocenters. The largest absolute Gasteiger partial charge is 0.370 e. The van der Waals surface area contributed by atoms with E-state index < -0.39 is 5.91 Å². The summed E-state index contributed by atoms with van der Waals surface area (Å²) in [6.07, 6.45) is 0.607. The van der Waals surface area contributed by atoms with Crippen LogP contribution in [0.4, 0.5) is 5.82 Å². The molecule has 0 saturated carbocycles. The van der Waals surface area contributed by atoms with Crippen molar-refractivity contribution in [2.45, 2.75) is 38.4 Å². The maximum atomic E-state index is 12.2. The maximum Gasteiger partial charge on any atom is 0.236 e. The molecule has 26 heavy (non-hydrogen) atoms. The minimum absolute atomic E-state index is 0.105. The number of carbonyl (C=O) groups excluding carboxylic acids is 2. The molecule has 2 heterocycles. The van der Waals surface area contributed by atoms with E-state index in [0.717, 1.165) is 0 Å². The molecule has 2 aromatic rings. The fourth-order valence-electron chi connectivity index (χ4n) is 2.11. The summed E-state index contributed by atoms with van der Waals surface area (Å²) in [7, 11) is 0. The normalized spacial score (nSPS) is 10.8. The molecule has 0 radical (unpaired) electrons. The van der Waals surface area contributed by atoms with Crippen LogP contribution in [0, 0.1) is 6.92 Å². The van der Waals surface area contributed by atoms with Crippen molar-refractivity contribution in [3.8, 4) is 0 Å². The summed E-state index contributed by atoms with van der Waals surface area (Å²) in [5, 5.41) is 12.1. The number of aromatic nitrogens is 4. The molecule has 8 nitrogen and oxygen atoms in total. The Balaban J connectivity index is 1.99. The zero-order valence-corrected chi connectivity index (χ0v) is 16.6. The topological polar surface area (TPSA) is 116 Å². The Kier molecular flexibility index (Phi) is 7.24. The molecule has 0 aliphatic carbocycles. The predicted molar refractivity (Wildman–Crippen MR) is 102 cm³/mol. The van der Waals surface area contributed by atoms with E-state index in [1.165, 1.54) is 17.8 Å². The summed E-state index contributed by atoms with van der Waals surface area (Å²) in [4.78, 5) is 27.3. The number of pyridine rings is 1. The van der Waals surface area contributed by atoms with Gasteiger partial charge in [-0.05, 0) is 19.9 Å². The van der Waals surface area contributed by atoms with Crippen LogP contribution in [0.5, 0.6) is 0 Å². The first-order valence-corrected chi connectivity index (χ1v) is 9.51. The van der Waals surface area contributed by atoms with Crippen LogP contribution in [0.15, 0.2) is 11.2 Å². The Morgan fingerprint density at radius 1 is 1.31 bits per heavy atom. The van der Waals surface area contributed by atoms with Crippen LogP contribution in [-0.4, -0.2) is 37.3 Å². The van der Waals surface area contributed by atoms with Crippen LogP contribution in [0.2, 0.25) is 10.0 Å². The summed E-state index contributed by atoms with van der Waals surface area (Å²) in [5.74, 6) is 0.348. The molecular weight excluding hydrogens is 399 g/mol. The summed E-state index contributed by atoms with van der Waals surface area (Å²) < 4.78 is 1.85. The van der Waals surface area contributed by atoms with Crippen LogP contribution in [0.25, 0.3) is 0 Å². The van der Waals surface area contributed by atoms with E-state index in [1.54, 1.807) is 6.92 Å². The minimum atomic E-state index is -0.396. The summed E-state index contributed by atoms with van der Waals surface area (Å²) in [6, 6.07) is 1.53. The number of nitrogens with one attached hydrogen (secondary N) is 1. The van der Waals surface area contributed by atoms with Gasteiger partial charge in [-0.15, -0.1) is 10.2 Å². The lowest BCUT2D eigenvalue weighted by Gasteiger charge is -2.09. The smallest absolute Gasteiger partial charge is 0.236 e. The number of amides is 2. The minimum Gasteiger partial charge on any atom is -0.370 e. The van der Waals surface area contributed by atoms with Crippen LogP contribution in [0.1, 0.15) is 24.9 Å². The van der Waals surface area contributed by atoms with Crippen molar-refractivity contribution in [1.29, 1.82) is 0 Å². The van der Waals surface area contributed by atoms with Crippen molar-refractivity contribution in [2.24, 2.45) is 5.73 Å². The summed E-state index contributed by atoms with van der Waals surface area (Å²) in [6.45, 7) is 4.27. The lowest BCUT2D eigenvalue weighted by molar-refractivity contribution is -0.118. The Labute approximate surface area is 164 Å². The molecular formula is C15H18Cl2N6O2S. The molecule has 2 rings (SSSR count). The first-order chi connectivity index (χ1) is 12.3. The van der Waals surface area contributed by atoms with Crippen LogP contribution < -0.4 is 11.1 Å². The van der Waals surface area contributed by atoms with Gasteiger partial charge in [0.1, 0.15) is 5.82 Å². The molecule has 0 aliphatic rings. The van der Waals surface area contributed by atoms with E-state index in [2.05, 4.69) is 20.5 Å². The molecule has 3 N–H and O–H groups in total. The van der Waals surface area contributed by atoms with E-state index in [-0.39, 0.29) is 28.9 Å². The fourth-order valence-corrected chi connectivity index (χ4v) is 3.33. The third kappa shape index (κ3) is 5.33. The van der Waals surface area contributed by atoms with Gasteiger partial charge in [0.25, 0.3) is 0 Å². The molecule has 0 aliphatic heterocycles. The van der Waals surface area contributed by atoms with Gasteiger partial charge in [-0.2, -0.15) is 0 Å². The van der Waals surface area contributed by atoms with Crippen LogP contribution >= 0.6 is 35.0 Å². The second kappa shape index (κ2) is 9.20. The maximum absolute atomic E-state index is 12.2. The average Bonchev–Trinajstić information content (AvgIpc) is 2.98. The van der Waals surface area contributed by atoms with E-state index in [1.807, 2.05) is 11.5 Å². The Morgan fingerprint density at radius 2 is 2.04 bits per heavy atom. The fraction of sp³-hybridized carbons (Fsp3) is 0.400. The van der Waals surface area contributed by atoms with Gasteiger partial charge in [-0.3, -0.25) is 9.59 Å². The Morgan fingerprint density at radius 3 is 2.69 bits per heavy atom. The standard InChI is InChI=1S/C15H18Cl2N6O2S/c1-3-23-12(5-4-11(18)24)21-22-15(23)26-7-13(25)20-14-10(17)6-9(16)8(2)19-14/h6H,3-5,7H2,1-2H3,(H2,18,24)(H,19,20,25). The Hall–Kier alpha value is -1.84. The second-order valence-electron chi connectivity index (χ2n) is 5.33. The molecule has 2 amide bonds. The number of nitrogens with two attached hydrogens (primary N) is 1. The van der Waals surface area contributed by atoms with Crippen molar-refractivity contribution in [3.05, 3.63) is 27.6 Å².